The summed E-state index contributed by atoms with van der Waals surface area (Å²) in [5, 5.41) is 0. The van der Waals surface area contributed by atoms with E-state index in [1.54, 1.807) is 18.3 Å². The number of hydrogen-bond acceptors (Lipinski definition) is 3. The molecule has 1 atom stereocenters. The second-order valence-corrected chi connectivity index (χ2v) is 5.30. The van der Waals surface area contributed by atoms with Crippen molar-refractivity contribution >= 4 is 21.8 Å². The van der Waals surface area contributed by atoms with Gasteiger partial charge < -0.3 is 9.64 Å². The fraction of sp³-hybridized carbons (Fsp3) is 0.500. The number of rotatable bonds is 3. The molecule has 1 aliphatic rings. The van der Waals surface area contributed by atoms with Gasteiger partial charge in [-0.3, -0.25) is 4.79 Å². The molecule has 1 saturated heterocycles. The normalized spacial score (nSPS) is 19.2. The van der Waals surface area contributed by atoms with Crippen LogP contribution in [0, 0.1) is 0 Å². The van der Waals surface area contributed by atoms with Gasteiger partial charge in [-0.15, -0.1) is 0 Å². The minimum Gasteiger partial charge on any atom is -0.472 e. The van der Waals surface area contributed by atoms with Crippen LogP contribution in [0.2, 0.25) is 0 Å². The second kappa shape index (κ2) is 5.99. The number of hydrogen-bond donors (Lipinski definition) is 0. The van der Waals surface area contributed by atoms with Crippen LogP contribution in [0.15, 0.2) is 22.8 Å². The fourth-order valence-corrected chi connectivity index (χ4v) is 2.30. The van der Waals surface area contributed by atoms with Crippen molar-refractivity contribution < 1.29 is 22.7 Å². The van der Waals surface area contributed by atoms with Crippen molar-refractivity contribution in [2.24, 2.45) is 0 Å². The maximum absolute atomic E-state index is 12.2. The van der Waals surface area contributed by atoms with E-state index in [0.717, 1.165) is 0 Å². The lowest BCUT2D eigenvalue weighted by Gasteiger charge is -2.18. The SMILES string of the molecule is O=C(CC(F)(F)F)N1CCC(Oc2ncccc2Br)C1. The average molecular weight is 353 g/mol. The summed E-state index contributed by atoms with van der Waals surface area (Å²) < 4.78 is 42.7. The molecule has 1 unspecified atom stereocenters. The number of alkyl halides is 3. The van der Waals surface area contributed by atoms with Crippen LogP contribution in [0.25, 0.3) is 0 Å². The van der Waals surface area contributed by atoms with Gasteiger partial charge in [0.1, 0.15) is 12.5 Å². The molecular weight excluding hydrogens is 341 g/mol. The first kappa shape index (κ1) is 15.1. The number of carbonyl (C=O) groups excluding carboxylic acids is 1. The van der Waals surface area contributed by atoms with Crippen molar-refractivity contribution in [2.45, 2.75) is 25.1 Å². The van der Waals surface area contributed by atoms with Crippen molar-refractivity contribution in [3.05, 3.63) is 22.8 Å². The van der Waals surface area contributed by atoms with Crippen molar-refractivity contribution in [3.8, 4) is 5.88 Å². The van der Waals surface area contributed by atoms with Crippen LogP contribution in [0.5, 0.6) is 5.88 Å². The summed E-state index contributed by atoms with van der Waals surface area (Å²) >= 11 is 3.27. The third-order valence-electron chi connectivity index (χ3n) is 2.85. The number of nitrogens with zero attached hydrogens (tertiary/aromatic N) is 2. The van der Waals surface area contributed by atoms with Gasteiger partial charge in [0.05, 0.1) is 11.0 Å². The Morgan fingerprint density at radius 2 is 2.30 bits per heavy atom. The van der Waals surface area contributed by atoms with Crippen molar-refractivity contribution in [2.75, 3.05) is 13.1 Å². The number of carbonyl (C=O) groups is 1. The molecule has 0 aromatic carbocycles. The zero-order valence-electron chi connectivity index (χ0n) is 10.4. The third-order valence-corrected chi connectivity index (χ3v) is 3.46. The van der Waals surface area contributed by atoms with Gasteiger partial charge in [0.15, 0.2) is 0 Å². The number of pyridine rings is 1. The lowest BCUT2D eigenvalue weighted by atomic mass is 10.3. The summed E-state index contributed by atoms with van der Waals surface area (Å²) in [5.41, 5.74) is 0. The average Bonchev–Trinajstić information content (AvgIpc) is 2.79. The topological polar surface area (TPSA) is 42.4 Å². The van der Waals surface area contributed by atoms with E-state index in [9.17, 15) is 18.0 Å². The fourth-order valence-electron chi connectivity index (χ4n) is 1.95. The first-order chi connectivity index (χ1) is 9.35. The van der Waals surface area contributed by atoms with Gasteiger partial charge in [0.2, 0.25) is 11.8 Å². The summed E-state index contributed by atoms with van der Waals surface area (Å²) in [6.45, 7) is 0.419. The highest BCUT2D eigenvalue weighted by molar-refractivity contribution is 9.10. The Hall–Kier alpha value is -1.31. The van der Waals surface area contributed by atoms with Crippen LogP contribution in [0.3, 0.4) is 0 Å². The van der Waals surface area contributed by atoms with E-state index >= 15 is 0 Å². The Morgan fingerprint density at radius 1 is 1.55 bits per heavy atom. The molecule has 1 aromatic heterocycles. The molecular formula is C12H12BrF3N2O2. The van der Waals surface area contributed by atoms with E-state index in [2.05, 4.69) is 20.9 Å². The molecule has 1 aromatic rings. The molecule has 110 valence electrons. The molecule has 0 saturated carbocycles. The molecule has 20 heavy (non-hydrogen) atoms. The number of amides is 1. The Labute approximate surface area is 122 Å². The molecule has 2 rings (SSSR count). The monoisotopic (exact) mass is 352 g/mol. The van der Waals surface area contributed by atoms with Crippen LogP contribution in [0.4, 0.5) is 13.2 Å². The highest BCUT2D eigenvalue weighted by Crippen LogP contribution is 2.26. The molecule has 0 bridgehead atoms. The van der Waals surface area contributed by atoms with E-state index in [1.165, 1.54) is 4.90 Å². The number of halogens is 4. The van der Waals surface area contributed by atoms with Crippen LogP contribution < -0.4 is 4.74 Å². The smallest absolute Gasteiger partial charge is 0.397 e. The highest BCUT2D eigenvalue weighted by Gasteiger charge is 2.36. The molecule has 0 N–H and O–H groups in total. The van der Waals surface area contributed by atoms with Gasteiger partial charge in [-0.05, 0) is 28.1 Å². The lowest BCUT2D eigenvalue weighted by Crippen LogP contribution is -2.34. The van der Waals surface area contributed by atoms with E-state index in [1.807, 2.05) is 0 Å². The van der Waals surface area contributed by atoms with Crippen molar-refractivity contribution in [1.82, 2.24) is 9.88 Å². The molecule has 0 radical (unpaired) electrons. The van der Waals surface area contributed by atoms with E-state index in [4.69, 9.17) is 4.74 Å². The van der Waals surface area contributed by atoms with Gasteiger partial charge in [0.25, 0.3) is 0 Å². The van der Waals surface area contributed by atoms with Crippen LogP contribution in [-0.4, -0.2) is 41.2 Å². The molecule has 1 aliphatic heterocycles. The molecule has 1 fully saturated rings. The van der Waals surface area contributed by atoms with Gasteiger partial charge in [-0.25, -0.2) is 4.98 Å². The van der Waals surface area contributed by atoms with Crippen molar-refractivity contribution in [3.63, 3.8) is 0 Å². The van der Waals surface area contributed by atoms with Crippen LogP contribution >= 0.6 is 15.9 Å². The summed E-state index contributed by atoms with van der Waals surface area (Å²) in [6, 6.07) is 3.48. The van der Waals surface area contributed by atoms with Crippen molar-refractivity contribution in [1.29, 1.82) is 0 Å². The summed E-state index contributed by atoms with van der Waals surface area (Å²) in [4.78, 5) is 16.6. The van der Waals surface area contributed by atoms with Gasteiger partial charge >= 0.3 is 6.18 Å². The molecule has 1 amide bonds. The highest BCUT2D eigenvalue weighted by atomic mass is 79.9. The van der Waals surface area contributed by atoms with Crippen LogP contribution in [-0.2, 0) is 4.79 Å². The predicted molar refractivity (Wildman–Crippen MR) is 68.2 cm³/mol. The third kappa shape index (κ3) is 4.09. The number of aromatic nitrogens is 1. The van der Waals surface area contributed by atoms with Crippen LogP contribution in [0.1, 0.15) is 12.8 Å². The van der Waals surface area contributed by atoms with E-state index < -0.39 is 18.5 Å². The maximum Gasteiger partial charge on any atom is 0.397 e. The molecule has 2 heterocycles. The van der Waals surface area contributed by atoms with Gasteiger partial charge in [0, 0.05) is 19.2 Å². The molecule has 8 heteroatoms. The second-order valence-electron chi connectivity index (χ2n) is 4.45. The molecule has 0 aliphatic carbocycles. The Morgan fingerprint density at radius 3 is 2.95 bits per heavy atom. The lowest BCUT2D eigenvalue weighted by molar-refractivity contribution is -0.160. The summed E-state index contributed by atoms with van der Waals surface area (Å²) in [5.74, 6) is -0.536. The Bertz CT molecular complexity index is 496. The summed E-state index contributed by atoms with van der Waals surface area (Å²) in [6.07, 6.45) is -4.18. The standard InChI is InChI=1S/C12H12BrF3N2O2/c13-9-2-1-4-17-11(9)20-8-3-5-18(7-8)10(19)6-12(14,15)16/h1-2,4,8H,3,5-7H2. The number of ether oxygens (including phenoxy) is 1. The van der Waals surface area contributed by atoms with Gasteiger partial charge in [-0.2, -0.15) is 13.2 Å². The minimum absolute atomic E-state index is 0.151. The number of likely N-dealkylation sites (tertiary alicyclic amines) is 1. The predicted octanol–water partition coefficient (Wildman–Crippen LogP) is 2.78. The summed E-state index contributed by atoms with van der Waals surface area (Å²) in [7, 11) is 0. The first-order valence-corrected chi connectivity index (χ1v) is 6.76. The Kier molecular flexibility index (Phi) is 4.52. The molecule has 4 nitrogen and oxygen atoms in total. The Balaban J connectivity index is 1.90. The zero-order chi connectivity index (χ0) is 14.8. The van der Waals surface area contributed by atoms with E-state index in [-0.39, 0.29) is 19.2 Å². The zero-order valence-corrected chi connectivity index (χ0v) is 11.9. The van der Waals surface area contributed by atoms with Gasteiger partial charge in [-0.1, -0.05) is 0 Å². The minimum atomic E-state index is -4.47. The molecule has 0 spiro atoms. The first-order valence-electron chi connectivity index (χ1n) is 5.97. The quantitative estimate of drug-likeness (QED) is 0.839. The van der Waals surface area contributed by atoms with E-state index in [0.29, 0.717) is 16.8 Å². The largest absolute Gasteiger partial charge is 0.472 e. The maximum atomic E-state index is 12.2.